The summed E-state index contributed by atoms with van der Waals surface area (Å²) >= 11 is 0. The van der Waals surface area contributed by atoms with E-state index >= 15 is 0 Å². The summed E-state index contributed by atoms with van der Waals surface area (Å²) in [6.45, 7) is 12.9. The van der Waals surface area contributed by atoms with Crippen LogP contribution in [-0.2, 0) is 25.6 Å². The van der Waals surface area contributed by atoms with Gasteiger partial charge in [0.15, 0.2) is 0 Å². The van der Waals surface area contributed by atoms with Crippen LogP contribution >= 0.6 is 0 Å². The van der Waals surface area contributed by atoms with Crippen LogP contribution in [0.25, 0.3) is 0 Å². The zero-order chi connectivity index (χ0) is 23.5. The molecule has 7 nitrogen and oxygen atoms in total. The van der Waals surface area contributed by atoms with Crippen molar-refractivity contribution >= 4 is 12.1 Å². The maximum atomic E-state index is 12.1. The Morgan fingerprint density at radius 2 is 1.65 bits per heavy atom. The number of nitrogens with zero attached hydrogens (tertiary/aromatic N) is 1. The van der Waals surface area contributed by atoms with Crippen molar-refractivity contribution in [1.82, 2.24) is 4.90 Å². The predicted octanol–water partition coefficient (Wildman–Crippen LogP) is 4.31. The van der Waals surface area contributed by atoms with Gasteiger partial charge in [-0.15, -0.1) is 0 Å². The summed E-state index contributed by atoms with van der Waals surface area (Å²) in [5, 5.41) is 8.48. The van der Waals surface area contributed by atoms with Crippen molar-refractivity contribution < 1.29 is 28.9 Å². The third-order valence-corrected chi connectivity index (χ3v) is 4.12. The van der Waals surface area contributed by atoms with E-state index < -0.39 is 23.3 Å². The van der Waals surface area contributed by atoms with Crippen LogP contribution in [-0.4, -0.2) is 59.1 Å². The molecule has 0 spiro atoms. The molecule has 1 atom stereocenters. The monoisotopic (exact) mass is 437 g/mol. The molecule has 1 fully saturated rings. The molecule has 1 aromatic rings. The molecule has 0 radical (unpaired) electrons. The van der Waals surface area contributed by atoms with Gasteiger partial charge < -0.3 is 19.3 Å². The van der Waals surface area contributed by atoms with Crippen LogP contribution in [0.5, 0.6) is 0 Å². The Morgan fingerprint density at radius 3 is 2.19 bits per heavy atom. The zero-order valence-corrected chi connectivity index (χ0v) is 19.8. The number of carbonyl (C=O) groups is 2. The Balaban J connectivity index is 0.000000343. The van der Waals surface area contributed by atoms with Gasteiger partial charge in [0.05, 0.1) is 6.61 Å². The van der Waals surface area contributed by atoms with Crippen molar-refractivity contribution in [2.75, 3.05) is 19.8 Å². The third kappa shape index (κ3) is 11.7. The highest BCUT2D eigenvalue weighted by Gasteiger charge is 2.38. The molecule has 176 valence electrons. The van der Waals surface area contributed by atoms with E-state index in [0.29, 0.717) is 32.6 Å². The lowest BCUT2D eigenvalue weighted by atomic mass is 10.1. The Labute approximate surface area is 186 Å². The number of hydrogen-bond acceptors (Lipinski definition) is 6. The lowest BCUT2D eigenvalue weighted by Crippen LogP contribution is -2.45. The second-order valence-corrected chi connectivity index (χ2v) is 9.48. The molecule has 7 heteroatoms. The highest BCUT2D eigenvalue weighted by molar-refractivity contribution is 5.82. The molecular weight excluding hydrogens is 398 g/mol. The SMILES string of the molecule is CC(C)(C)OC(=O)C1CCCN1C(=O)OC(C)(C)C.OCCCOCc1ccccc1. The summed E-state index contributed by atoms with van der Waals surface area (Å²) < 4.78 is 16.0. The molecule has 1 aliphatic heterocycles. The molecule has 2 rings (SSSR count). The predicted molar refractivity (Wildman–Crippen MR) is 120 cm³/mol. The van der Waals surface area contributed by atoms with Crippen LogP contribution < -0.4 is 0 Å². The number of rotatable bonds is 6. The van der Waals surface area contributed by atoms with Gasteiger partial charge in [-0.25, -0.2) is 9.59 Å². The van der Waals surface area contributed by atoms with Gasteiger partial charge in [-0.3, -0.25) is 4.90 Å². The van der Waals surface area contributed by atoms with E-state index in [1.54, 1.807) is 0 Å². The zero-order valence-electron chi connectivity index (χ0n) is 19.8. The van der Waals surface area contributed by atoms with Crippen LogP contribution in [0.15, 0.2) is 30.3 Å². The maximum Gasteiger partial charge on any atom is 0.411 e. The van der Waals surface area contributed by atoms with Gasteiger partial charge in [0.2, 0.25) is 0 Å². The number of hydrogen-bond donors (Lipinski definition) is 1. The number of ether oxygens (including phenoxy) is 3. The summed E-state index contributed by atoms with van der Waals surface area (Å²) in [6, 6.07) is 9.50. The number of amides is 1. The fourth-order valence-corrected chi connectivity index (χ4v) is 2.85. The first-order valence-electron chi connectivity index (χ1n) is 10.9. The lowest BCUT2D eigenvalue weighted by Gasteiger charge is -2.29. The molecular formula is C24H39NO6. The van der Waals surface area contributed by atoms with Gasteiger partial charge >= 0.3 is 12.1 Å². The van der Waals surface area contributed by atoms with E-state index in [9.17, 15) is 9.59 Å². The molecule has 0 bridgehead atoms. The minimum atomic E-state index is -0.557. The largest absolute Gasteiger partial charge is 0.458 e. The summed E-state index contributed by atoms with van der Waals surface area (Å²) in [7, 11) is 0. The topological polar surface area (TPSA) is 85.3 Å². The third-order valence-electron chi connectivity index (χ3n) is 4.12. The Kier molecular flexibility index (Phi) is 11.0. The number of likely N-dealkylation sites (tertiary alicyclic amines) is 1. The van der Waals surface area contributed by atoms with Crippen LogP contribution in [0, 0.1) is 0 Å². The maximum absolute atomic E-state index is 12.1. The highest BCUT2D eigenvalue weighted by atomic mass is 16.6. The summed E-state index contributed by atoms with van der Waals surface area (Å²) in [5.41, 5.74) is 0.0766. The van der Waals surface area contributed by atoms with Crippen molar-refractivity contribution in [3.05, 3.63) is 35.9 Å². The van der Waals surface area contributed by atoms with Crippen LogP contribution in [0.4, 0.5) is 4.79 Å². The van der Waals surface area contributed by atoms with Gasteiger partial charge in [0.1, 0.15) is 17.2 Å². The first-order chi connectivity index (χ1) is 14.4. The summed E-state index contributed by atoms with van der Waals surface area (Å²) in [5.74, 6) is -0.351. The Bertz CT molecular complexity index is 629. The summed E-state index contributed by atoms with van der Waals surface area (Å²) in [6.07, 6.45) is 1.70. The van der Waals surface area contributed by atoms with Crippen molar-refractivity contribution in [2.45, 2.75) is 84.7 Å². The number of benzene rings is 1. The average molecular weight is 438 g/mol. The number of esters is 1. The standard InChI is InChI=1S/C14H25NO4.C10H14O2/c1-13(2,3)18-11(16)10-8-7-9-15(10)12(17)19-14(4,5)6;11-7-4-8-12-9-10-5-2-1-3-6-10/h10H,7-9H2,1-6H3;1-3,5-6,11H,4,7-9H2. The fraction of sp³-hybridized carbons (Fsp3) is 0.667. The minimum Gasteiger partial charge on any atom is -0.458 e. The smallest absolute Gasteiger partial charge is 0.411 e. The molecule has 0 aromatic heterocycles. The Hall–Kier alpha value is -2.12. The quantitative estimate of drug-likeness (QED) is 0.527. The van der Waals surface area contributed by atoms with Gasteiger partial charge in [-0.2, -0.15) is 0 Å². The Morgan fingerprint density at radius 1 is 1.03 bits per heavy atom. The van der Waals surface area contributed by atoms with Crippen molar-refractivity contribution in [3.8, 4) is 0 Å². The molecule has 1 N–H and O–H groups in total. The van der Waals surface area contributed by atoms with Gasteiger partial charge in [-0.1, -0.05) is 30.3 Å². The number of aliphatic hydroxyl groups excluding tert-OH is 1. The van der Waals surface area contributed by atoms with E-state index in [2.05, 4.69) is 0 Å². The first-order valence-corrected chi connectivity index (χ1v) is 10.9. The molecule has 31 heavy (non-hydrogen) atoms. The normalized spacial score (nSPS) is 16.4. The first kappa shape index (κ1) is 26.9. The van der Waals surface area contributed by atoms with E-state index in [-0.39, 0.29) is 12.6 Å². The van der Waals surface area contributed by atoms with Crippen LogP contribution in [0.2, 0.25) is 0 Å². The molecule has 1 amide bonds. The van der Waals surface area contributed by atoms with E-state index in [1.807, 2.05) is 71.9 Å². The molecule has 0 aliphatic carbocycles. The van der Waals surface area contributed by atoms with Crippen molar-refractivity contribution in [1.29, 1.82) is 0 Å². The van der Waals surface area contributed by atoms with Crippen molar-refractivity contribution in [2.24, 2.45) is 0 Å². The van der Waals surface area contributed by atoms with Crippen molar-refractivity contribution in [3.63, 3.8) is 0 Å². The van der Waals surface area contributed by atoms with Crippen LogP contribution in [0.3, 0.4) is 0 Å². The number of carbonyl (C=O) groups excluding carboxylic acids is 2. The fourth-order valence-electron chi connectivity index (χ4n) is 2.85. The van der Waals surface area contributed by atoms with Gasteiger partial charge in [0, 0.05) is 19.8 Å². The van der Waals surface area contributed by atoms with Gasteiger partial charge in [0.25, 0.3) is 0 Å². The second kappa shape index (κ2) is 12.7. The molecule has 1 saturated heterocycles. The van der Waals surface area contributed by atoms with E-state index in [0.717, 1.165) is 6.42 Å². The molecule has 1 aliphatic rings. The number of aliphatic hydroxyl groups is 1. The highest BCUT2D eigenvalue weighted by Crippen LogP contribution is 2.23. The van der Waals surface area contributed by atoms with E-state index in [4.69, 9.17) is 19.3 Å². The molecule has 1 aromatic carbocycles. The van der Waals surface area contributed by atoms with Gasteiger partial charge in [-0.05, 0) is 66.4 Å². The molecule has 1 unspecified atom stereocenters. The second-order valence-electron chi connectivity index (χ2n) is 9.48. The molecule has 0 saturated carbocycles. The average Bonchev–Trinajstić information content (AvgIpc) is 3.14. The van der Waals surface area contributed by atoms with Crippen LogP contribution in [0.1, 0.15) is 66.4 Å². The minimum absolute atomic E-state index is 0.203. The lowest BCUT2D eigenvalue weighted by molar-refractivity contribution is -0.160. The summed E-state index contributed by atoms with van der Waals surface area (Å²) in [4.78, 5) is 25.6. The molecule has 1 heterocycles. The van der Waals surface area contributed by atoms with E-state index in [1.165, 1.54) is 10.5 Å².